The van der Waals surface area contributed by atoms with Crippen molar-refractivity contribution in [2.24, 2.45) is 0 Å². The Balaban J connectivity index is 2.64. The number of hydrogen-bond donors (Lipinski definition) is 0. The van der Waals surface area contributed by atoms with Crippen molar-refractivity contribution in [3.05, 3.63) is 52.4 Å². The minimum absolute atomic E-state index is 0.0207. The van der Waals surface area contributed by atoms with Crippen LogP contribution in [0.5, 0.6) is 5.75 Å². The van der Waals surface area contributed by atoms with Crippen LogP contribution in [0.2, 0.25) is 0 Å². The standard InChI is InChI=1S/C15H12O3/c1-9-7-12(16)15-11-6-4-3-5-10(11)13(17-2)8-14(15)18-9/h3-8H,1-2H3. The lowest BCUT2D eigenvalue weighted by Crippen LogP contribution is -2.01. The zero-order chi connectivity index (χ0) is 12.7. The lowest BCUT2D eigenvalue weighted by molar-refractivity contribution is 0.419. The fourth-order valence-electron chi connectivity index (χ4n) is 2.28. The molecule has 0 aliphatic heterocycles. The molecular weight excluding hydrogens is 228 g/mol. The van der Waals surface area contributed by atoms with Crippen molar-refractivity contribution in [1.82, 2.24) is 0 Å². The highest BCUT2D eigenvalue weighted by Gasteiger charge is 2.11. The van der Waals surface area contributed by atoms with Crippen molar-refractivity contribution in [3.63, 3.8) is 0 Å². The third-order valence-corrected chi connectivity index (χ3v) is 3.04. The van der Waals surface area contributed by atoms with Crippen LogP contribution in [0.3, 0.4) is 0 Å². The molecular formula is C15H12O3. The number of ether oxygens (including phenoxy) is 1. The molecule has 0 saturated carbocycles. The molecule has 3 rings (SSSR count). The smallest absolute Gasteiger partial charge is 0.193 e. The second kappa shape index (κ2) is 3.88. The highest BCUT2D eigenvalue weighted by atomic mass is 16.5. The lowest BCUT2D eigenvalue weighted by atomic mass is 10.0. The summed E-state index contributed by atoms with van der Waals surface area (Å²) in [4.78, 5) is 12.1. The summed E-state index contributed by atoms with van der Waals surface area (Å²) in [5.41, 5.74) is 0.545. The summed E-state index contributed by atoms with van der Waals surface area (Å²) in [7, 11) is 1.61. The maximum atomic E-state index is 12.1. The average molecular weight is 240 g/mol. The van der Waals surface area contributed by atoms with Gasteiger partial charge >= 0.3 is 0 Å². The molecule has 90 valence electrons. The summed E-state index contributed by atoms with van der Waals surface area (Å²) in [6, 6.07) is 11.0. The van der Waals surface area contributed by atoms with Gasteiger partial charge in [0, 0.05) is 22.9 Å². The van der Waals surface area contributed by atoms with Crippen LogP contribution in [0.25, 0.3) is 21.7 Å². The third-order valence-electron chi connectivity index (χ3n) is 3.04. The lowest BCUT2D eigenvalue weighted by Gasteiger charge is -2.08. The molecule has 0 fully saturated rings. The van der Waals surface area contributed by atoms with Crippen LogP contribution >= 0.6 is 0 Å². The number of rotatable bonds is 1. The predicted octanol–water partition coefficient (Wildman–Crippen LogP) is 3.26. The molecule has 2 aromatic carbocycles. The molecule has 0 spiro atoms. The Labute approximate surface area is 104 Å². The van der Waals surface area contributed by atoms with E-state index in [1.165, 1.54) is 6.07 Å². The minimum atomic E-state index is -0.0207. The average Bonchev–Trinajstić information content (AvgIpc) is 2.36. The normalized spacial score (nSPS) is 11.0. The number of fused-ring (bicyclic) bond motifs is 3. The van der Waals surface area contributed by atoms with E-state index in [1.54, 1.807) is 20.1 Å². The van der Waals surface area contributed by atoms with Gasteiger partial charge in [-0.2, -0.15) is 0 Å². The van der Waals surface area contributed by atoms with E-state index in [0.717, 1.165) is 10.8 Å². The fourth-order valence-corrected chi connectivity index (χ4v) is 2.28. The Hall–Kier alpha value is -2.29. The van der Waals surface area contributed by atoms with Crippen molar-refractivity contribution in [3.8, 4) is 5.75 Å². The first-order chi connectivity index (χ1) is 8.70. The Morgan fingerprint density at radius 2 is 1.83 bits per heavy atom. The minimum Gasteiger partial charge on any atom is -0.496 e. The second-order valence-corrected chi connectivity index (χ2v) is 4.22. The molecule has 3 aromatic rings. The van der Waals surface area contributed by atoms with E-state index in [1.807, 2.05) is 24.3 Å². The monoisotopic (exact) mass is 240 g/mol. The first kappa shape index (κ1) is 10.8. The molecule has 3 heteroatoms. The van der Waals surface area contributed by atoms with Gasteiger partial charge in [-0.3, -0.25) is 4.79 Å². The fraction of sp³-hybridized carbons (Fsp3) is 0.133. The highest BCUT2D eigenvalue weighted by molar-refractivity contribution is 6.08. The van der Waals surface area contributed by atoms with Gasteiger partial charge in [-0.05, 0) is 6.92 Å². The summed E-state index contributed by atoms with van der Waals surface area (Å²) in [5, 5.41) is 2.39. The van der Waals surface area contributed by atoms with Crippen LogP contribution in [0.4, 0.5) is 0 Å². The molecule has 0 aliphatic rings. The molecule has 0 radical (unpaired) electrons. The predicted molar refractivity (Wildman–Crippen MR) is 71.3 cm³/mol. The van der Waals surface area contributed by atoms with Crippen molar-refractivity contribution < 1.29 is 9.15 Å². The molecule has 18 heavy (non-hydrogen) atoms. The van der Waals surface area contributed by atoms with Crippen LogP contribution < -0.4 is 10.2 Å². The van der Waals surface area contributed by atoms with Gasteiger partial charge in [-0.15, -0.1) is 0 Å². The van der Waals surface area contributed by atoms with Gasteiger partial charge in [-0.1, -0.05) is 24.3 Å². The van der Waals surface area contributed by atoms with E-state index in [-0.39, 0.29) is 5.43 Å². The van der Waals surface area contributed by atoms with E-state index >= 15 is 0 Å². The van der Waals surface area contributed by atoms with Crippen LogP contribution in [0.15, 0.2) is 45.6 Å². The van der Waals surface area contributed by atoms with E-state index in [9.17, 15) is 4.79 Å². The zero-order valence-electron chi connectivity index (χ0n) is 10.2. The maximum Gasteiger partial charge on any atom is 0.193 e. The van der Waals surface area contributed by atoms with Crippen molar-refractivity contribution in [2.75, 3.05) is 7.11 Å². The third kappa shape index (κ3) is 1.48. The molecule has 1 heterocycles. The number of aryl methyl sites for hydroxylation is 1. The Morgan fingerprint density at radius 3 is 2.56 bits per heavy atom. The van der Waals surface area contributed by atoms with Gasteiger partial charge in [0.05, 0.1) is 12.5 Å². The van der Waals surface area contributed by atoms with Gasteiger partial charge in [-0.25, -0.2) is 0 Å². The van der Waals surface area contributed by atoms with Gasteiger partial charge in [0.15, 0.2) is 5.43 Å². The first-order valence-electron chi connectivity index (χ1n) is 5.71. The summed E-state index contributed by atoms with van der Waals surface area (Å²) in [6.45, 7) is 1.77. The topological polar surface area (TPSA) is 39.4 Å². The molecule has 1 aromatic heterocycles. The second-order valence-electron chi connectivity index (χ2n) is 4.22. The van der Waals surface area contributed by atoms with Crippen LogP contribution in [0, 0.1) is 6.92 Å². The van der Waals surface area contributed by atoms with Crippen molar-refractivity contribution >= 4 is 21.7 Å². The Kier molecular flexibility index (Phi) is 2.33. The van der Waals surface area contributed by atoms with Crippen LogP contribution in [-0.2, 0) is 0 Å². The van der Waals surface area contributed by atoms with E-state index in [4.69, 9.17) is 9.15 Å². The van der Waals surface area contributed by atoms with E-state index in [0.29, 0.717) is 22.5 Å². The molecule has 0 saturated heterocycles. The highest BCUT2D eigenvalue weighted by Crippen LogP contribution is 2.31. The van der Waals surface area contributed by atoms with Gasteiger partial charge in [0.25, 0.3) is 0 Å². The van der Waals surface area contributed by atoms with Crippen molar-refractivity contribution in [2.45, 2.75) is 6.92 Å². The quantitative estimate of drug-likeness (QED) is 0.613. The molecule has 0 unspecified atom stereocenters. The molecule has 0 atom stereocenters. The van der Waals surface area contributed by atoms with Crippen LogP contribution in [-0.4, -0.2) is 7.11 Å². The largest absolute Gasteiger partial charge is 0.496 e. The summed E-state index contributed by atoms with van der Waals surface area (Å²) >= 11 is 0. The van der Waals surface area contributed by atoms with Gasteiger partial charge < -0.3 is 9.15 Å². The number of methoxy groups -OCH3 is 1. The van der Waals surface area contributed by atoms with Crippen LogP contribution in [0.1, 0.15) is 5.76 Å². The first-order valence-corrected chi connectivity index (χ1v) is 5.71. The molecule has 0 aliphatic carbocycles. The van der Waals surface area contributed by atoms with Gasteiger partial charge in [0.1, 0.15) is 17.1 Å². The zero-order valence-corrected chi connectivity index (χ0v) is 10.2. The summed E-state index contributed by atoms with van der Waals surface area (Å²) in [5.74, 6) is 1.32. The van der Waals surface area contributed by atoms with Gasteiger partial charge in [0.2, 0.25) is 0 Å². The SMILES string of the molecule is COc1cc2oc(C)cc(=O)c2c2ccccc12. The van der Waals surface area contributed by atoms with E-state index in [2.05, 4.69) is 0 Å². The Morgan fingerprint density at radius 1 is 1.11 bits per heavy atom. The molecule has 3 nitrogen and oxygen atoms in total. The van der Waals surface area contributed by atoms with E-state index < -0.39 is 0 Å². The van der Waals surface area contributed by atoms with Crippen molar-refractivity contribution in [1.29, 1.82) is 0 Å². The number of hydrogen-bond acceptors (Lipinski definition) is 3. The molecule has 0 bridgehead atoms. The molecule has 0 amide bonds. The maximum absolute atomic E-state index is 12.1. The summed E-state index contributed by atoms with van der Waals surface area (Å²) < 4.78 is 11.0. The number of benzene rings is 2. The Bertz CT molecular complexity index is 800. The molecule has 0 N–H and O–H groups in total. The summed E-state index contributed by atoms with van der Waals surface area (Å²) in [6.07, 6.45) is 0.